The molecule has 1 heterocycles. The SMILES string of the molecule is COC(=O)C(N)CSc1n[nH]c(C)n1. The van der Waals surface area contributed by atoms with Crippen LogP contribution in [0.3, 0.4) is 0 Å². The van der Waals surface area contributed by atoms with Gasteiger partial charge in [0.05, 0.1) is 7.11 Å². The lowest BCUT2D eigenvalue weighted by Gasteiger charge is -2.06. The topological polar surface area (TPSA) is 93.9 Å². The van der Waals surface area contributed by atoms with Gasteiger partial charge in [0.25, 0.3) is 0 Å². The summed E-state index contributed by atoms with van der Waals surface area (Å²) >= 11 is 1.31. The van der Waals surface area contributed by atoms with Gasteiger partial charge in [0, 0.05) is 5.75 Å². The summed E-state index contributed by atoms with van der Waals surface area (Å²) in [5.41, 5.74) is 5.52. The number of hydrogen-bond acceptors (Lipinski definition) is 6. The summed E-state index contributed by atoms with van der Waals surface area (Å²) in [6.45, 7) is 1.80. The fourth-order valence-corrected chi connectivity index (χ4v) is 1.55. The molecule has 1 atom stereocenters. The summed E-state index contributed by atoms with van der Waals surface area (Å²) in [5.74, 6) is 0.716. The van der Waals surface area contributed by atoms with Crippen LogP contribution in [0.25, 0.3) is 0 Å². The molecule has 0 aromatic carbocycles. The zero-order valence-corrected chi connectivity index (χ0v) is 8.80. The number of ether oxygens (including phenoxy) is 1. The van der Waals surface area contributed by atoms with Crippen molar-refractivity contribution in [3.05, 3.63) is 5.82 Å². The molecular weight excluding hydrogens is 204 g/mol. The highest BCUT2D eigenvalue weighted by molar-refractivity contribution is 7.99. The summed E-state index contributed by atoms with van der Waals surface area (Å²) < 4.78 is 4.48. The highest BCUT2D eigenvalue weighted by atomic mass is 32.2. The van der Waals surface area contributed by atoms with Gasteiger partial charge in [-0.3, -0.25) is 9.89 Å². The number of thioether (sulfide) groups is 1. The highest BCUT2D eigenvalue weighted by Crippen LogP contribution is 2.12. The lowest BCUT2D eigenvalue weighted by molar-refractivity contribution is -0.141. The fraction of sp³-hybridized carbons (Fsp3) is 0.571. The van der Waals surface area contributed by atoms with E-state index in [4.69, 9.17) is 5.73 Å². The van der Waals surface area contributed by atoms with Crippen molar-refractivity contribution in [1.29, 1.82) is 0 Å². The molecule has 6 nitrogen and oxygen atoms in total. The largest absolute Gasteiger partial charge is 0.468 e. The van der Waals surface area contributed by atoms with Crippen LogP contribution in [0, 0.1) is 6.92 Å². The summed E-state index contributed by atoms with van der Waals surface area (Å²) in [5, 5.41) is 7.17. The van der Waals surface area contributed by atoms with Gasteiger partial charge in [-0.25, -0.2) is 4.98 Å². The number of nitrogens with zero attached hydrogens (tertiary/aromatic N) is 2. The van der Waals surface area contributed by atoms with E-state index in [-0.39, 0.29) is 0 Å². The first-order chi connectivity index (χ1) is 6.63. The number of aryl methyl sites for hydroxylation is 1. The number of carbonyl (C=O) groups is 1. The molecule has 0 saturated carbocycles. The second-order valence-corrected chi connectivity index (χ2v) is 3.63. The molecule has 3 N–H and O–H groups in total. The van der Waals surface area contributed by atoms with Crippen LogP contribution in [0.1, 0.15) is 5.82 Å². The molecule has 7 heteroatoms. The third-order valence-electron chi connectivity index (χ3n) is 1.47. The lowest BCUT2D eigenvalue weighted by atomic mass is 10.4. The zero-order chi connectivity index (χ0) is 10.6. The molecule has 0 spiro atoms. The van der Waals surface area contributed by atoms with Gasteiger partial charge >= 0.3 is 5.97 Å². The van der Waals surface area contributed by atoms with Crippen LogP contribution >= 0.6 is 11.8 Å². The van der Waals surface area contributed by atoms with Crippen molar-refractivity contribution in [3.8, 4) is 0 Å². The van der Waals surface area contributed by atoms with E-state index in [0.29, 0.717) is 10.9 Å². The third kappa shape index (κ3) is 3.00. The predicted octanol–water partition coefficient (Wildman–Crippen LogP) is -0.294. The number of esters is 1. The van der Waals surface area contributed by atoms with Crippen molar-refractivity contribution in [2.45, 2.75) is 18.1 Å². The number of nitrogens with two attached hydrogens (primary N) is 1. The van der Waals surface area contributed by atoms with E-state index in [1.54, 1.807) is 6.92 Å². The minimum Gasteiger partial charge on any atom is -0.468 e. The summed E-state index contributed by atoms with van der Waals surface area (Å²) in [7, 11) is 1.31. The quantitative estimate of drug-likeness (QED) is 0.530. The van der Waals surface area contributed by atoms with E-state index in [2.05, 4.69) is 19.9 Å². The van der Waals surface area contributed by atoms with Gasteiger partial charge in [-0.1, -0.05) is 11.8 Å². The molecule has 0 amide bonds. The summed E-state index contributed by atoms with van der Waals surface area (Å²) in [6, 6.07) is -0.635. The molecule has 1 aromatic rings. The van der Waals surface area contributed by atoms with Crippen LogP contribution < -0.4 is 5.73 Å². The molecule has 1 rings (SSSR count). The van der Waals surface area contributed by atoms with Gasteiger partial charge in [-0.05, 0) is 6.92 Å². The van der Waals surface area contributed by atoms with Crippen molar-refractivity contribution < 1.29 is 9.53 Å². The molecule has 0 radical (unpaired) electrons. The molecule has 78 valence electrons. The number of nitrogens with one attached hydrogen (secondary N) is 1. The number of carbonyl (C=O) groups excluding carboxylic acids is 1. The molecule has 1 aromatic heterocycles. The van der Waals surface area contributed by atoms with E-state index in [9.17, 15) is 4.79 Å². The Kier molecular flexibility index (Phi) is 3.90. The van der Waals surface area contributed by atoms with Crippen LogP contribution in [0.4, 0.5) is 0 Å². The number of hydrogen-bond donors (Lipinski definition) is 2. The maximum Gasteiger partial charge on any atom is 0.323 e. The van der Waals surface area contributed by atoms with Crippen molar-refractivity contribution in [2.24, 2.45) is 5.73 Å². The monoisotopic (exact) mass is 216 g/mol. The van der Waals surface area contributed by atoms with Crippen LogP contribution in [0.2, 0.25) is 0 Å². The molecule has 0 aliphatic heterocycles. The third-order valence-corrected chi connectivity index (χ3v) is 2.44. The van der Waals surface area contributed by atoms with E-state index >= 15 is 0 Å². The van der Waals surface area contributed by atoms with Gasteiger partial charge < -0.3 is 10.5 Å². The minimum atomic E-state index is -0.635. The first-order valence-electron chi connectivity index (χ1n) is 3.98. The number of methoxy groups -OCH3 is 1. The molecular formula is C7H12N4O2S. The molecule has 0 fully saturated rings. The molecule has 0 aliphatic carbocycles. The summed E-state index contributed by atoms with van der Waals surface area (Å²) in [6.07, 6.45) is 0. The summed E-state index contributed by atoms with van der Waals surface area (Å²) in [4.78, 5) is 15.0. The average molecular weight is 216 g/mol. The highest BCUT2D eigenvalue weighted by Gasteiger charge is 2.14. The Bertz CT molecular complexity index is 314. The van der Waals surface area contributed by atoms with Gasteiger partial charge in [-0.2, -0.15) is 0 Å². The maximum atomic E-state index is 10.9. The lowest BCUT2D eigenvalue weighted by Crippen LogP contribution is -2.33. The number of rotatable bonds is 4. The Morgan fingerprint density at radius 1 is 1.79 bits per heavy atom. The van der Waals surface area contributed by atoms with Gasteiger partial charge in [0.15, 0.2) is 0 Å². The number of aromatic nitrogens is 3. The van der Waals surface area contributed by atoms with E-state index < -0.39 is 12.0 Å². The Balaban J connectivity index is 2.37. The Morgan fingerprint density at radius 2 is 2.50 bits per heavy atom. The molecule has 0 saturated heterocycles. The minimum absolute atomic E-state index is 0.407. The van der Waals surface area contributed by atoms with Crippen LogP contribution in [-0.4, -0.2) is 40.1 Å². The second kappa shape index (κ2) is 4.97. The fourth-order valence-electron chi connectivity index (χ4n) is 0.770. The standard InChI is InChI=1S/C7H12N4O2S/c1-4-9-7(11-10-4)14-3-5(8)6(12)13-2/h5H,3,8H2,1-2H3,(H,9,10,11). The van der Waals surface area contributed by atoms with Gasteiger partial charge in [0.2, 0.25) is 5.16 Å². The van der Waals surface area contributed by atoms with Gasteiger partial charge in [0.1, 0.15) is 11.9 Å². The zero-order valence-electron chi connectivity index (χ0n) is 7.98. The first-order valence-corrected chi connectivity index (χ1v) is 4.97. The smallest absolute Gasteiger partial charge is 0.323 e. The van der Waals surface area contributed by atoms with Crippen LogP contribution in [0.15, 0.2) is 5.16 Å². The maximum absolute atomic E-state index is 10.9. The Morgan fingerprint density at radius 3 is 3.00 bits per heavy atom. The molecule has 0 bridgehead atoms. The molecule has 14 heavy (non-hydrogen) atoms. The first kappa shape index (κ1) is 11.0. The second-order valence-electron chi connectivity index (χ2n) is 2.64. The molecule has 1 unspecified atom stereocenters. The van der Waals surface area contributed by atoms with E-state index in [0.717, 1.165) is 5.82 Å². The van der Waals surface area contributed by atoms with Crippen LogP contribution in [0.5, 0.6) is 0 Å². The van der Waals surface area contributed by atoms with Crippen molar-refractivity contribution in [3.63, 3.8) is 0 Å². The Labute approximate surface area is 85.6 Å². The van der Waals surface area contributed by atoms with E-state index in [1.807, 2.05) is 0 Å². The normalized spacial score (nSPS) is 12.5. The van der Waals surface area contributed by atoms with E-state index in [1.165, 1.54) is 18.9 Å². The predicted molar refractivity (Wildman–Crippen MR) is 51.8 cm³/mol. The number of aromatic amines is 1. The van der Waals surface area contributed by atoms with Crippen molar-refractivity contribution in [2.75, 3.05) is 12.9 Å². The number of H-pyrrole nitrogens is 1. The van der Waals surface area contributed by atoms with Crippen LogP contribution in [-0.2, 0) is 9.53 Å². The van der Waals surface area contributed by atoms with Crippen molar-refractivity contribution in [1.82, 2.24) is 15.2 Å². The Hall–Kier alpha value is -1.08. The molecule has 0 aliphatic rings. The average Bonchev–Trinajstić information content (AvgIpc) is 2.59. The van der Waals surface area contributed by atoms with Crippen molar-refractivity contribution >= 4 is 17.7 Å². The van der Waals surface area contributed by atoms with Gasteiger partial charge in [-0.15, -0.1) is 5.10 Å².